The first-order chi connectivity index (χ1) is 9.29. The molecular weight excluding hydrogens is 236 g/mol. The van der Waals surface area contributed by atoms with Gasteiger partial charge in [0, 0.05) is 12.1 Å². The Labute approximate surface area is 113 Å². The Morgan fingerprint density at radius 1 is 0.947 bits per heavy atom. The highest BCUT2D eigenvalue weighted by Crippen LogP contribution is 2.25. The first-order valence-electron chi connectivity index (χ1n) is 6.50. The summed E-state index contributed by atoms with van der Waals surface area (Å²) in [4.78, 5) is 11.7. The highest BCUT2D eigenvalue weighted by atomic mass is 16.1. The molecule has 0 aliphatic rings. The molecule has 3 heteroatoms. The molecule has 2 rings (SSSR count). The standard InChI is InChI=1S/C16H18N2O/c1-2-8-16(19)18-15-12-7-6-11-14(15)17-13-9-4-3-5-10-13/h3-7,9-12,17H,2,8H2,1H3,(H,18,19). The smallest absolute Gasteiger partial charge is 0.224 e. The van der Waals surface area contributed by atoms with Gasteiger partial charge in [-0.2, -0.15) is 0 Å². The van der Waals surface area contributed by atoms with E-state index in [1.807, 2.05) is 61.5 Å². The number of anilines is 3. The lowest BCUT2D eigenvalue weighted by molar-refractivity contribution is -0.116. The third kappa shape index (κ3) is 3.85. The fourth-order valence-corrected chi connectivity index (χ4v) is 1.82. The summed E-state index contributed by atoms with van der Waals surface area (Å²) >= 11 is 0. The van der Waals surface area contributed by atoms with Crippen LogP contribution in [0.1, 0.15) is 19.8 Å². The summed E-state index contributed by atoms with van der Waals surface area (Å²) in [5, 5.41) is 6.24. The zero-order valence-electron chi connectivity index (χ0n) is 11.0. The van der Waals surface area contributed by atoms with E-state index in [-0.39, 0.29) is 5.91 Å². The molecule has 0 unspecified atom stereocenters. The fraction of sp³-hybridized carbons (Fsp3) is 0.188. The van der Waals surface area contributed by atoms with Crippen LogP contribution in [0.5, 0.6) is 0 Å². The van der Waals surface area contributed by atoms with Gasteiger partial charge in [0.25, 0.3) is 0 Å². The van der Waals surface area contributed by atoms with Gasteiger partial charge in [0.1, 0.15) is 0 Å². The largest absolute Gasteiger partial charge is 0.354 e. The molecule has 0 saturated heterocycles. The molecule has 0 fully saturated rings. The lowest BCUT2D eigenvalue weighted by Crippen LogP contribution is -2.11. The molecule has 19 heavy (non-hydrogen) atoms. The van der Waals surface area contributed by atoms with Crippen molar-refractivity contribution in [1.29, 1.82) is 0 Å². The molecule has 0 saturated carbocycles. The zero-order valence-corrected chi connectivity index (χ0v) is 11.0. The van der Waals surface area contributed by atoms with Gasteiger partial charge in [-0.15, -0.1) is 0 Å². The molecular formula is C16H18N2O. The van der Waals surface area contributed by atoms with Gasteiger partial charge in [0.15, 0.2) is 0 Å². The van der Waals surface area contributed by atoms with Crippen LogP contribution in [0.15, 0.2) is 54.6 Å². The Bertz CT molecular complexity index is 537. The predicted octanol–water partition coefficient (Wildman–Crippen LogP) is 4.17. The number of hydrogen-bond donors (Lipinski definition) is 2. The van der Waals surface area contributed by atoms with Crippen LogP contribution in [0.2, 0.25) is 0 Å². The SMILES string of the molecule is CCCC(=O)Nc1ccccc1Nc1ccccc1. The van der Waals surface area contributed by atoms with Gasteiger partial charge in [-0.1, -0.05) is 37.3 Å². The number of rotatable bonds is 5. The molecule has 0 spiro atoms. The molecule has 2 aromatic carbocycles. The fourth-order valence-electron chi connectivity index (χ4n) is 1.82. The van der Waals surface area contributed by atoms with Crippen molar-refractivity contribution in [2.75, 3.05) is 10.6 Å². The van der Waals surface area contributed by atoms with Crippen molar-refractivity contribution in [3.63, 3.8) is 0 Å². The van der Waals surface area contributed by atoms with E-state index in [2.05, 4.69) is 10.6 Å². The molecule has 0 atom stereocenters. The summed E-state index contributed by atoms with van der Waals surface area (Å²) in [6.07, 6.45) is 1.39. The molecule has 0 aromatic heterocycles. The van der Waals surface area contributed by atoms with Gasteiger partial charge >= 0.3 is 0 Å². The normalized spacial score (nSPS) is 9.95. The second-order valence-corrected chi connectivity index (χ2v) is 4.33. The van der Waals surface area contributed by atoms with Gasteiger partial charge in [-0.3, -0.25) is 4.79 Å². The van der Waals surface area contributed by atoms with E-state index < -0.39 is 0 Å². The third-order valence-electron chi connectivity index (χ3n) is 2.73. The van der Waals surface area contributed by atoms with E-state index in [1.165, 1.54) is 0 Å². The van der Waals surface area contributed by atoms with Crippen LogP contribution in [0.25, 0.3) is 0 Å². The van der Waals surface area contributed by atoms with Crippen molar-refractivity contribution in [3.8, 4) is 0 Å². The molecule has 0 heterocycles. The molecule has 0 aliphatic heterocycles. The van der Waals surface area contributed by atoms with E-state index in [0.717, 1.165) is 23.5 Å². The van der Waals surface area contributed by atoms with Crippen molar-refractivity contribution in [3.05, 3.63) is 54.6 Å². The molecule has 2 N–H and O–H groups in total. The Balaban J connectivity index is 2.14. The molecule has 0 aliphatic carbocycles. The van der Waals surface area contributed by atoms with Gasteiger partial charge in [-0.25, -0.2) is 0 Å². The Morgan fingerprint density at radius 3 is 2.26 bits per heavy atom. The first kappa shape index (κ1) is 13.1. The zero-order chi connectivity index (χ0) is 13.5. The first-order valence-corrected chi connectivity index (χ1v) is 6.50. The lowest BCUT2D eigenvalue weighted by Gasteiger charge is -2.12. The topological polar surface area (TPSA) is 41.1 Å². The Morgan fingerprint density at radius 2 is 1.58 bits per heavy atom. The number of carbonyl (C=O) groups excluding carboxylic acids is 1. The van der Waals surface area contributed by atoms with Gasteiger partial charge < -0.3 is 10.6 Å². The van der Waals surface area contributed by atoms with Crippen LogP contribution in [-0.4, -0.2) is 5.91 Å². The van der Waals surface area contributed by atoms with Crippen LogP contribution in [0, 0.1) is 0 Å². The highest BCUT2D eigenvalue weighted by Gasteiger charge is 2.05. The molecule has 1 amide bonds. The van der Waals surface area contributed by atoms with Crippen LogP contribution >= 0.6 is 0 Å². The summed E-state index contributed by atoms with van der Waals surface area (Å²) in [6.45, 7) is 1.99. The minimum atomic E-state index is 0.0461. The van der Waals surface area contributed by atoms with E-state index in [9.17, 15) is 4.79 Å². The highest BCUT2D eigenvalue weighted by molar-refractivity contribution is 5.94. The van der Waals surface area contributed by atoms with Crippen molar-refractivity contribution in [2.45, 2.75) is 19.8 Å². The van der Waals surface area contributed by atoms with E-state index in [4.69, 9.17) is 0 Å². The molecule has 0 radical (unpaired) electrons. The quantitative estimate of drug-likeness (QED) is 0.840. The van der Waals surface area contributed by atoms with E-state index in [0.29, 0.717) is 6.42 Å². The summed E-state index contributed by atoms with van der Waals surface area (Å²) in [7, 11) is 0. The second kappa shape index (κ2) is 6.59. The summed E-state index contributed by atoms with van der Waals surface area (Å²) in [5.41, 5.74) is 2.71. The minimum absolute atomic E-state index is 0.0461. The van der Waals surface area contributed by atoms with Crippen LogP contribution in [-0.2, 0) is 4.79 Å². The predicted molar refractivity (Wildman–Crippen MR) is 79.7 cm³/mol. The monoisotopic (exact) mass is 254 g/mol. The number of nitrogens with one attached hydrogen (secondary N) is 2. The third-order valence-corrected chi connectivity index (χ3v) is 2.73. The maximum Gasteiger partial charge on any atom is 0.224 e. The van der Waals surface area contributed by atoms with E-state index in [1.54, 1.807) is 0 Å². The average molecular weight is 254 g/mol. The molecule has 98 valence electrons. The molecule has 2 aromatic rings. The lowest BCUT2D eigenvalue weighted by atomic mass is 10.2. The summed E-state index contributed by atoms with van der Waals surface area (Å²) in [6, 6.07) is 17.6. The van der Waals surface area contributed by atoms with Crippen molar-refractivity contribution < 1.29 is 4.79 Å². The van der Waals surface area contributed by atoms with Crippen LogP contribution < -0.4 is 10.6 Å². The maximum atomic E-state index is 11.7. The number of amides is 1. The van der Waals surface area contributed by atoms with Crippen molar-refractivity contribution in [2.24, 2.45) is 0 Å². The van der Waals surface area contributed by atoms with E-state index >= 15 is 0 Å². The van der Waals surface area contributed by atoms with Crippen molar-refractivity contribution >= 4 is 23.0 Å². The van der Waals surface area contributed by atoms with Gasteiger partial charge in [0.05, 0.1) is 11.4 Å². The van der Waals surface area contributed by atoms with Gasteiger partial charge in [0.2, 0.25) is 5.91 Å². The second-order valence-electron chi connectivity index (χ2n) is 4.33. The summed E-state index contributed by atoms with van der Waals surface area (Å²) < 4.78 is 0. The number of para-hydroxylation sites is 3. The van der Waals surface area contributed by atoms with Gasteiger partial charge in [-0.05, 0) is 30.7 Å². The number of carbonyl (C=O) groups is 1. The maximum absolute atomic E-state index is 11.7. The van der Waals surface area contributed by atoms with Crippen LogP contribution in [0.3, 0.4) is 0 Å². The molecule has 0 bridgehead atoms. The van der Waals surface area contributed by atoms with Crippen LogP contribution in [0.4, 0.5) is 17.1 Å². The Kier molecular flexibility index (Phi) is 4.56. The number of hydrogen-bond acceptors (Lipinski definition) is 2. The minimum Gasteiger partial charge on any atom is -0.354 e. The number of benzene rings is 2. The Hall–Kier alpha value is -2.29. The summed E-state index contributed by atoms with van der Waals surface area (Å²) in [5.74, 6) is 0.0461. The average Bonchev–Trinajstić information content (AvgIpc) is 2.42. The molecule has 3 nitrogen and oxygen atoms in total. The van der Waals surface area contributed by atoms with Crippen molar-refractivity contribution in [1.82, 2.24) is 0 Å².